The Balaban J connectivity index is 1.01. The summed E-state index contributed by atoms with van der Waals surface area (Å²) in [6, 6.07) is 35.2. The van der Waals surface area contributed by atoms with Crippen LogP contribution < -0.4 is 14.4 Å². The van der Waals surface area contributed by atoms with Gasteiger partial charge in [0, 0.05) is 23.7 Å². The van der Waals surface area contributed by atoms with Crippen LogP contribution in [0.4, 0.5) is 5.69 Å². The van der Waals surface area contributed by atoms with Crippen molar-refractivity contribution in [3.8, 4) is 11.5 Å². The molecule has 2 bridgehead atoms. The number of fused-ring (bicyclic) bond motifs is 4. The van der Waals surface area contributed by atoms with Gasteiger partial charge in [-0.3, -0.25) is 0 Å². The zero-order valence-corrected chi connectivity index (χ0v) is 20.5. The molecule has 3 unspecified atom stereocenters. The Hall–Kier alpha value is -3.72. The van der Waals surface area contributed by atoms with Crippen LogP contribution in [-0.4, -0.2) is 13.3 Å². The fraction of sp³-hybridized carbons (Fsp3) is 0.273. The van der Waals surface area contributed by atoms with Gasteiger partial charge in [-0.05, 0) is 77.6 Å². The van der Waals surface area contributed by atoms with Crippen LogP contribution in [0.3, 0.4) is 0 Å². The second-order valence-electron chi connectivity index (χ2n) is 10.6. The third-order valence-electron chi connectivity index (χ3n) is 8.31. The lowest BCUT2D eigenvalue weighted by atomic mass is 9.60. The first kappa shape index (κ1) is 21.6. The van der Waals surface area contributed by atoms with Crippen LogP contribution >= 0.6 is 0 Å². The zero-order valence-electron chi connectivity index (χ0n) is 20.5. The number of hydrogen-bond donors (Lipinski definition) is 0. The molecule has 3 atom stereocenters. The van der Waals surface area contributed by atoms with E-state index in [4.69, 9.17) is 9.47 Å². The van der Waals surface area contributed by atoms with Crippen molar-refractivity contribution in [3.05, 3.63) is 125 Å². The first-order valence-corrected chi connectivity index (χ1v) is 13.1. The van der Waals surface area contributed by atoms with E-state index < -0.39 is 0 Å². The molecule has 3 nitrogen and oxygen atoms in total. The van der Waals surface area contributed by atoms with Crippen molar-refractivity contribution in [3.63, 3.8) is 0 Å². The van der Waals surface area contributed by atoms with Gasteiger partial charge in [0.1, 0.15) is 11.5 Å². The SMILES string of the molecule is c1ccc2c(c1)CC1CC(CO2)C1c1ccc(Cc2ccc(N3COc4ccccc4C3)cc2)cc1. The molecule has 0 N–H and O–H groups in total. The van der Waals surface area contributed by atoms with Gasteiger partial charge in [-0.15, -0.1) is 0 Å². The number of nitrogens with zero attached hydrogens (tertiary/aromatic N) is 1. The summed E-state index contributed by atoms with van der Waals surface area (Å²) < 4.78 is 12.1. The topological polar surface area (TPSA) is 21.7 Å². The van der Waals surface area contributed by atoms with Crippen LogP contribution in [0.2, 0.25) is 0 Å². The van der Waals surface area contributed by atoms with Gasteiger partial charge >= 0.3 is 0 Å². The normalized spacial score (nSPS) is 22.1. The second kappa shape index (κ2) is 9.05. The van der Waals surface area contributed by atoms with E-state index in [-0.39, 0.29) is 0 Å². The minimum Gasteiger partial charge on any atom is -0.493 e. The molecular weight excluding hydrogens is 442 g/mol. The number of hydrogen-bond acceptors (Lipinski definition) is 3. The van der Waals surface area contributed by atoms with Gasteiger partial charge < -0.3 is 14.4 Å². The smallest absolute Gasteiger partial charge is 0.161 e. The predicted molar refractivity (Wildman–Crippen MR) is 144 cm³/mol. The van der Waals surface area contributed by atoms with E-state index in [1.807, 2.05) is 12.1 Å². The molecule has 2 aliphatic heterocycles. The number of para-hydroxylation sites is 2. The Morgan fingerprint density at radius 3 is 2.11 bits per heavy atom. The molecule has 0 aromatic heterocycles. The summed E-state index contributed by atoms with van der Waals surface area (Å²) in [5.41, 5.74) is 7.99. The largest absolute Gasteiger partial charge is 0.493 e. The van der Waals surface area contributed by atoms with Gasteiger partial charge in [0.2, 0.25) is 0 Å². The molecular formula is C33H31NO2. The minimum atomic E-state index is 0.595. The Labute approximate surface area is 213 Å². The van der Waals surface area contributed by atoms with Crippen LogP contribution in [0.15, 0.2) is 97.1 Å². The number of rotatable bonds is 4. The highest BCUT2D eigenvalue weighted by atomic mass is 16.5. The lowest BCUT2D eigenvalue weighted by Crippen LogP contribution is -2.41. The maximum atomic E-state index is 6.19. The summed E-state index contributed by atoms with van der Waals surface area (Å²) >= 11 is 0. The van der Waals surface area contributed by atoms with Crippen molar-refractivity contribution in [1.29, 1.82) is 0 Å². The van der Waals surface area contributed by atoms with Gasteiger partial charge in [0.05, 0.1) is 6.61 Å². The molecule has 0 radical (unpaired) electrons. The summed E-state index contributed by atoms with van der Waals surface area (Å²) in [4.78, 5) is 2.28. The summed E-state index contributed by atoms with van der Waals surface area (Å²) in [6.07, 6.45) is 3.35. The average Bonchev–Trinajstić information content (AvgIpc) is 2.90. The predicted octanol–water partition coefficient (Wildman–Crippen LogP) is 6.99. The minimum absolute atomic E-state index is 0.595. The van der Waals surface area contributed by atoms with Crippen LogP contribution in [0.1, 0.15) is 40.2 Å². The molecule has 3 heteroatoms. The average molecular weight is 474 g/mol. The Morgan fingerprint density at radius 1 is 0.667 bits per heavy atom. The van der Waals surface area contributed by atoms with E-state index in [0.29, 0.717) is 18.6 Å². The maximum Gasteiger partial charge on any atom is 0.161 e. The van der Waals surface area contributed by atoms with Crippen LogP contribution in [-0.2, 0) is 19.4 Å². The van der Waals surface area contributed by atoms with Crippen molar-refractivity contribution in [1.82, 2.24) is 0 Å². The van der Waals surface area contributed by atoms with E-state index in [0.717, 1.165) is 43.4 Å². The third-order valence-corrected chi connectivity index (χ3v) is 8.31. The summed E-state index contributed by atoms with van der Waals surface area (Å²) in [6.45, 7) is 2.31. The monoisotopic (exact) mass is 473 g/mol. The molecule has 0 saturated heterocycles. The van der Waals surface area contributed by atoms with Gasteiger partial charge in [-0.25, -0.2) is 0 Å². The highest BCUT2D eigenvalue weighted by molar-refractivity contribution is 5.51. The van der Waals surface area contributed by atoms with Crippen molar-refractivity contribution < 1.29 is 9.47 Å². The maximum absolute atomic E-state index is 6.19. The molecule has 2 heterocycles. The van der Waals surface area contributed by atoms with Crippen molar-refractivity contribution in [2.75, 3.05) is 18.2 Å². The number of anilines is 1. The Kier molecular flexibility index (Phi) is 5.42. The third kappa shape index (κ3) is 4.03. The summed E-state index contributed by atoms with van der Waals surface area (Å²) in [5, 5.41) is 0. The first-order valence-electron chi connectivity index (χ1n) is 13.1. The number of ether oxygens (including phenoxy) is 2. The molecule has 1 fully saturated rings. The molecule has 0 amide bonds. The molecule has 1 aliphatic carbocycles. The molecule has 0 spiro atoms. The molecule has 4 aromatic rings. The highest BCUT2D eigenvalue weighted by Gasteiger charge is 2.43. The standard InChI is InChI=1S/C33H31NO2/c1-3-7-31-26(5-1)18-28-19-29(21-35-31)33(28)25-13-9-23(10-14-25)17-24-11-15-30(16-12-24)34-20-27-6-2-4-8-32(27)36-22-34/h1-16,28-29,33H,17-22H2. The van der Waals surface area contributed by atoms with E-state index in [1.54, 1.807) is 0 Å². The highest BCUT2D eigenvalue weighted by Crippen LogP contribution is 2.51. The quantitative estimate of drug-likeness (QED) is 0.319. The lowest BCUT2D eigenvalue weighted by Gasteiger charge is -2.47. The van der Waals surface area contributed by atoms with Crippen molar-refractivity contribution in [2.45, 2.75) is 31.7 Å². The zero-order chi connectivity index (χ0) is 23.9. The lowest BCUT2D eigenvalue weighted by molar-refractivity contribution is 0.0715. The first-order chi connectivity index (χ1) is 17.8. The molecule has 1 saturated carbocycles. The van der Waals surface area contributed by atoms with E-state index in [9.17, 15) is 0 Å². The van der Waals surface area contributed by atoms with Crippen molar-refractivity contribution in [2.24, 2.45) is 11.8 Å². The number of benzene rings is 4. The van der Waals surface area contributed by atoms with E-state index in [1.165, 1.54) is 39.9 Å². The van der Waals surface area contributed by atoms with Gasteiger partial charge in [-0.2, -0.15) is 0 Å². The molecule has 36 heavy (non-hydrogen) atoms. The molecule has 180 valence electrons. The van der Waals surface area contributed by atoms with Crippen LogP contribution in [0.25, 0.3) is 0 Å². The Bertz CT molecular complexity index is 1360. The summed E-state index contributed by atoms with van der Waals surface area (Å²) in [5.74, 6) is 4.06. The van der Waals surface area contributed by atoms with E-state index in [2.05, 4.69) is 89.8 Å². The van der Waals surface area contributed by atoms with Gasteiger partial charge in [0.15, 0.2) is 6.73 Å². The summed E-state index contributed by atoms with van der Waals surface area (Å²) in [7, 11) is 0. The molecule has 3 aliphatic rings. The van der Waals surface area contributed by atoms with Crippen molar-refractivity contribution >= 4 is 5.69 Å². The Morgan fingerprint density at radius 2 is 1.33 bits per heavy atom. The van der Waals surface area contributed by atoms with Crippen LogP contribution in [0, 0.1) is 11.8 Å². The van der Waals surface area contributed by atoms with E-state index >= 15 is 0 Å². The van der Waals surface area contributed by atoms with Crippen LogP contribution in [0.5, 0.6) is 11.5 Å². The fourth-order valence-electron chi connectivity index (χ4n) is 6.35. The second-order valence-corrected chi connectivity index (χ2v) is 10.6. The van der Waals surface area contributed by atoms with Gasteiger partial charge in [0.25, 0.3) is 0 Å². The fourth-order valence-corrected chi connectivity index (χ4v) is 6.35. The van der Waals surface area contributed by atoms with Gasteiger partial charge in [-0.1, -0.05) is 72.8 Å². The molecule has 4 aromatic carbocycles. The molecule has 7 rings (SSSR count).